The number of carbonyl (C=O) groups is 1. The molecule has 1 aromatic carbocycles. The topological polar surface area (TPSA) is 55.6 Å². The molecule has 23 heavy (non-hydrogen) atoms. The Kier molecular flexibility index (Phi) is 6.31. The molecule has 1 fully saturated rings. The van der Waals surface area contributed by atoms with Crippen molar-refractivity contribution < 1.29 is 9.53 Å². The van der Waals surface area contributed by atoms with Crippen molar-refractivity contribution in [3.8, 4) is 0 Å². The summed E-state index contributed by atoms with van der Waals surface area (Å²) < 4.78 is 4.80. The van der Waals surface area contributed by atoms with E-state index in [1.807, 2.05) is 6.07 Å². The van der Waals surface area contributed by atoms with Gasteiger partial charge in [0.2, 0.25) is 0 Å². The molecule has 0 spiro atoms. The summed E-state index contributed by atoms with van der Waals surface area (Å²) in [4.78, 5) is 14.0. The van der Waals surface area contributed by atoms with Crippen LogP contribution in [0.15, 0.2) is 18.2 Å². The minimum atomic E-state index is -0.166. The first-order valence-electron chi connectivity index (χ1n) is 8.80. The molecule has 1 unspecified atom stereocenters. The molecule has 128 valence electrons. The van der Waals surface area contributed by atoms with Gasteiger partial charge in [0.05, 0.1) is 24.9 Å². The number of esters is 1. The molecule has 1 saturated carbocycles. The Balaban J connectivity index is 2.15. The molecule has 2 rings (SSSR count). The highest BCUT2D eigenvalue weighted by atomic mass is 16.5. The van der Waals surface area contributed by atoms with Gasteiger partial charge in [-0.2, -0.15) is 0 Å². The molecule has 2 N–H and O–H groups in total. The number of carbonyl (C=O) groups excluding carboxylic acids is 1. The number of nitrogens with two attached hydrogens (primary N) is 1. The van der Waals surface area contributed by atoms with Crippen molar-refractivity contribution in [3.05, 3.63) is 23.8 Å². The summed E-state index contributed by atoms with van der Waals surface area (Å²) in [5, 5.41) is 0. The van der Waals surface area contributed by atoms with Gasteiger partial charge in [0.25, 0.3) is 0 Å². The molecule has 1 aliphatic carbocycles. The van der Waals surface area contributed by atoms with Gasteiger partial charge < -0.3 is 15.4 Å². The zero-order chi connectivity index (χ0) is 16.8. The fraction of sp³-hybridized carbons (Fsp3) is 0.632. The highest BCUT2D eigenvalue weighted by Gasteiger charge is 2.25. The number of anilines is 2. The monoisotopic (exact) mass is 318 g/mol. The lowest BCUT2D eigenvalue weighted by atomic mass is 9.92. The van der Waals surface area contributed by atoms with Gasteiger partial charge >= 0.3 is 5.97 Å². The second-order valence-electron chi connectivity index (χ2n) is 6.59. The van der Waals surface area contributed by atoms with Crippen LogP contribution < -0.4 is 10.6 Å². The van der Waals surface area contributed by atoms with E-state index in [-0.39, 0.29) is 11.9 Å². The second kappa shape index (κ2) is 8.23. The molecule has 0 saturated heterocycles. The van der Waals surface area contributed by atoms with Gasteiger partial charge in [-0.25, -0.2) is 0 Å². The number of hydrogen-bond donors (Lipinski definition) is 1. The van der Waals surface area contributed by atoms with E-state index in [0.717, 1.165) is 48.8 Å². The van der Waals surface area contributed by atoms with Gasteiger partial charge in [-0.1, -0.05) is 19.9 Å². The molecule has 0 radical (unpaired) electrons. The maximum Gasteiger partial charge on any atom is 0.306 e. The highest BCUT2D eigenvalue weighted by Crippen LogP contribution is 2.35. The Labute approximate surface area is 140 Å². The summed E-state index contributed by atoms with van der Waals surface area (Å²) in [5.41, 5.74) is 9.43. The Bertz CT molecular complexity index is 526. The van der Waals surface area contributed by atoms with Crippen molar-refractivity contribution in [3.63, 3.8) is 0 Å². The normalized spacial score (nSPS) is 15.3. The average molecular weight is 318 g/mol. The van der Waals surface area contributed by atoms with Gasteiger partial charge in [0.15, 0.2) is 0 Å². The lowest BCUT2D eigenvalue weighted by Gasteiger charge is -2.27. The number of hydrogen-bond acceptors (Lipinski definition) is 4. The molecule has 1 aliphatic rings. The average Bonchev–Trinajstić information content (AvgIpc) is 3.36. The summed E-state index contributed by atoms with van der Waals surface area (Å²) in [6.07, 6.45) is 5.11. The third-order valence-corrected chi connectivity index (χ3v) is 4.67. The van der Waals surface area contributed by atoms with Crippen LogP contribution in [0.25, 0.3) is 0 Å². The fourth-order valence-electron chi connectivity index (χ4n) is 3.09. The van der Waals surface area contributed by atoms with E-state index in [4.69, 9.17) is 10.5 Å². The van der Waals surface area contributed by atoms with E-state index in [1.54, 1.807) is 0 Å². The maximum absolute atomic E-state index is 11.6. The van der Waals surface area contributed by atoms with Crippen molar-refractivity contribution in [2.45, 2.75) is 51.9 Å². The van der Waals surface area contributed by atoms with Crippen LogP contribution in [0.2, 0.25) is 0 Å². The molecule has 4 nitrogen and oxygen atoms in total. The first-order chi connectivity index (χ1) is 11.1. The number of ether oxygens (including phenoxy) is 1. The lowest BCUT2D eigenvalue weighted by molar-refractivity contribution is -0.141. The molecule has 0 bridgehead atoms. The molecule has 1 aromatic rings. The van der Waals surface area contributed by atoms with E-state index in [9.17, 15) is 4.79 Å². The van der Waals surface area contributed by atoms with Crippen molar-refractivity contribution in [2.24, 2.45) is 5.92 Å². The SMILES string of the molecule is CCCN(CC1CC1)c1ccc(C(CC)CC(=O)OC)cc1N. The molecular formula is C19H30N2O2. The predicted octanol–water partition coefficient (Wildman–Crippen LogP) is 3.95. The standard InChI is InChI=1S/C19H30N2O2/c1-4-10-21(13-14-6-7-14)18-9-8-16(11-17(18)20)15(5-2)12-19(22)23-3/h8-9,11,14-15H,4-7,10,12-13,20H2,1-3H3. The minimum Gasteiger partial charge on any atom is -0.469 e. The smallest absolute Gasteiger partial charge is 0.306 e. The molecule has 4 heteroatoms. The van der Waals surface area contributed by atoms with Crippen LogP contribution in [0, 0.1) is 5.92 Å². The van der Waals surface area contributed by atoms with Crippen LogP contribution >= 0.6 is 0 Å². The van der Waals surface area contributed by atoms with E-state index in [0.29, 0.717) is 6.42 Å². The van der Waals surface area contributed by atoms with Gasteiger partial charge in [-0.05, 0) is 55.2 Å². The molecule has 0 aliphatic heterocycles. The largest absolute Gasteiger partial charge is 0.469 e. The quantitative estimate of drug-likeness (QED) is 0.553. The summed E-state index contributed by atoms with van der Waals surface area (Å²) in [6, 6.07) is 6.29. The van der Waals surface area contributed by atoms with Crippen LogP contribution in [-0.4, -0.2) is 26.2 Å². The van der Waals surface area contributed by atoms with Crippen molar-refractivity contribution >= 4 is 17.3 Å². The molecular weight excluding hydrogens is 288 g/mol. The summed E-state index contributed by atoms with van der Waals surface area (Å²) in [7, 11) is 1.44. The number of nitrogen functional groups attached to an aromatic ring is 1. The van der Waals surface area contributed by atoms with Crippen LogP contribution in [0.3, 0.4) is 0 Å². The molecule has 0 heterocycles. The number of rotatable bonds is 9. The van der Waals surface area contributed by atoms with E-state index < -0.39 is 0 Å². The van der Waals surface area contributed by atoms with Crippen molar-refractivity contribution in [1.82, 2.24) is 0 Å². The molecule has 0 amide bonds. The van der Waals surface area contributed by atoms with Gasteiger partial charge in [0.1, 0.15) is 0 Å². The first-order valence-corrected chi connectivity index (χ1v) is 8.80. The third-order valence-electron chi connectivity index (χ3n) is 4.67. The Hall–Kier alpha value is -1.71. The highest BCUT2D eigenvalue weighted by molar-refractivity contribution is 5.72. The third kappa shape index (κ3) is 4.88. The zero-order valence-electron chi connectivity index (χ0n) is 14.7. The Morgan fingerprint density at radius 3 is 2.65 bits per heavy atom. The van der Waals surface area contributed by atoms with Crippen LogP contribution in [0.5, 0.6) is 0 Å². The number of methoxy groups -OCH3 is 1. The summed E-state index contributed by atoms with van der Waals surface area (Å²) in [5.74, 6) is 0.839. The Morgan fingerprint density at radius 2 is 2.13 bits per heavy atom. The Morgan fingerprint density at radius 1 is 1.39 bits per heavy atom. The summed E-state index contributed by atoms with van der Waals surface area (Å²) >= 11 is 0. The van der Waals surface area contributed by atoms with E-state index in [1.165, 1.54) is 20.0 Å². The van der Waals surface area contributed by atoms with Crippen LogP contribution in [0.1, 0.15) is 57.4 Å². The number of benzene rings is 1. The predicted molar refractivity (Wildman–Crippen MR) is 95.7 cm³/mol. The minimum absolute atomic E-state index is 0.166. The van der Waals surface area contributed by atoms with Gasteiger partial charge in [0, 0.05) is 13.1 Å². The van der Waals surface area contributed by atoms with Crippen molar-refractivity contribution in [1.29, 1.82) is 0 Å². The maximum atomic E-state index is 11.6. The van der Waals surface area contributed by atoms with Crippen LogP contribution in [-0.2, 0) is 9.53 Å². The second-order valence-corrected chi connectivity index (χ2v) is 6.59. The first kappa shape index (κ1) is 17.6. The van der Waals surface area contributed by atoms with E-state index >= 15 is 0 Å². The molecule has 0 aromatic heterocycles. The van der Waals surface area contributed by atoms with E-state index in [2.05, 4.69) is 30.9 Å². The van der Waals surface area contributed by atoms with Crippen LogP contribution in [0.4, 0.5) is 11.4 Å². The lowest BCUT2D eigenvalue weighted by Crippen LogP contribution is -2.27. The van der Waals surface area contributed by atoms with Gasteiger partial charge in [-0.15, -0.1) is 0 Å². The zero-order valence-corrected chi connectivity index (χ0v) is 14.7. The molecule has 1 atom stereocenters. The van der Waals surface area contributed by atoms with Gasteiger partial charge in [-0.3, -0.25) is 4.79 Å². The van der Waals surface area contributed by atoms with Crippen molar-refractivity contribution in [2.75, 3.05) is 30.8 Å². The fourth-order valence-corrected chi connectivity index (χ4v) is 3.09. The number of nitrogens with zero attached hydrogens (tertiary/aromatic N) is 1. The summed E-state index contributed by atoms with van der Waals surface area (Å²) in [6.45, 7) is 6.44.